The summed E-state index contributed by atoms with van der Waals surface area (Å²) in [6.45, 7) is 3.17. The number of halogens is 2. The summed E-state index contributed by atoms with van der Waals surface area (Å²) in [5.41, 5.74) is 5.17. The fourth-order valence-electron chi connectivity index (χ4n) is 1.01. The number of hydrogen-bond donors (Lipinski definition) is 2. The van der Waals surface area contributed by atoms with Crippen LogP contribution < -0.4 is 11.1 Å². The molecule has 0 heterocycles. The van der Waals surface area contributed by atoms with Gasteiger partial charge in [-0.2, -0.15) is 8.78 Å². The summed E-state index contributed by atoms with van der Waals surface area (Å²) in [5.74, 6) is -2.77. The van der Waals surface area contributed by atoms with Gasteiger partial charge in [-0.1, -0.05) is 11.8 Å². The maximum absolute atomic E-state index is 12.1. The zero-order valence-electron chi connectivity index (χ0n) is 9.54. The number of thioether (sulfide) groups is 1. The van der Waals surface area contributed by atoms with E-state index in [4.69, 9.17) is 5.73 Å². The Bertz CT molecular complexity index is 387. The van der Waals surface area contributed by atoms with E-state index < -0.39 is 11.3 Å². The van der Waals surface area contributed by atoms with Gasteiger partial charge in [-0.3, -0.25) is 4.79 Å². The number of hydrogen-bond acceptors (Lipinski definition) is 3. The van der Waals surface area contributed by atoms with Crippen molar-refractivity contribution in [2.45, 2.75) is 30.0 Å². The van der Waals surface area contributed by atoms with E-state index in [0.29, 0.717) is 22.3 Å². The second kappa shape index (κ2) is 5.46. The second-order valence-electron chi connectivity index (χ2n) is 4.08. The zero-order valence-corrected chi connectivity index (χ0v) is 10.4. The summed E-state index contributed by atoms with van der Waals surface area (Å²) in [7, 11) is 0. The minimum atomic E-state index is -2.45. The average molecular weight is 260 g/mol. The Labute approximate surface area is 103 Å². The number of nitrogens with two attached hydrogens (primary N) is 1. The van der Waals surface area contributed by atoms with Crippen LogP contribution in [0.15, 0.2) is 29.2 Å². The predicted octanol–water partition coefficient (Wildman–Crippen LogP) is 2.68. The monoisotopic (exact) mass is 260 g/mol. The SMILES string of the molecule is CC(C)(N)C(=O)Nc1ccc(SC(F)F)cc1. The summed E-state index contributed by atoms with van der Waals surface area (Å²) in [4.78, 5) is 12.0. The van der Waals surface area contributed by atoms with Crippen LogP contribution in [0.2, 0.25) is 0 Å². The Balaban J connectivity index is 2.66. The van der Waals surface area contributed by atoms with E-state index in [1.165, 1.54) is 12.1 Å². The summed E-state index contributed by atoms with van der Waals surface area (Å²) >= 11 is 0.461. The smallest absolute Gasteiger partial charge is 0.288 e. The van der Waals surface area contributed by atoms with Crippen LogP contribution in [0.1, 0.15) is 13.8 Å². The molecule has 0 saturated heterocycles. The molecule has 94 valence electrons. The first kappa shape index (κ1) is 13.9. The maximum atomic E-state index is 12.1. The number of carbonyl (C=O) groups excluding carboxylic acids is 1. The van der Waals surface area contributed by atoms with Gasteiger partial charge in [0.2, 0.25) is 5.91 Å². The number of carbonyl (C=O) groups is 1. The second-order valence-corrected chi connectivity index (χ2v) is 5.14. The number of alkyl halides is 2. The molecule has 0 atom stereocenters. The first-order valence-electron chi connectivity index (χ1n) is 4.94. The van der Waals surface area contributed by atoms with E-state index in [2.05, 4.69) is 5.32 Å². The van der Waals surface area contributed by atoms with E-state index in [0.717, 1.165) is 0 Å². The topological polar surface area (TPSA) is 55.1 Å². The van der Waals surface area contributed by atoms with Gasteiger partial charge in [-0.05, 0) is 38.1 Å². The van der Waals surface area contributed by atoms with Crippen molar-refractivity contribution in [1.29, 1.82) is 0 Å². The van der Waals surface area contributed by atoms with Crippen LogP contribution >= 0.6 is 11.8 Å². The highest BCUT2D eigenvalue weighted by molar-refractivity contribution is 7.99. The van der Waals surface area contributed by atoms with Crippen molar-refractivity contribution in [3.63, 3.8) is 0 Å². The van der Waals surface area contributed by atoms with Gasteiger partial charge in [0.1, 0.15) is 0 Å². The van der Waals surface area contributed by atoms with Crippen LogP contribution in [0.4, 0.5) is 14.5 Å². The molecule has 17 heavy (non-hydrogen) atoms. The molecule has 0 radical (unpaired) electrons. The Hall–Kier alpha value is -1.14. The number of rotatable bonds is 4. The standard InChI is InChI=1S/C11H14F2N2OS/c1-11(2,14)9(16)15-7-3-5-8(6-4-7)17-10(12)13/h3-6,10H,14H2,1-2H3,(H,15,16). The lowest BCUT2D eigenvalue weighted by atomic mass is 10.1. The minimum Gasteiger partial charge on any atom is -0.325 e. The van der Waals surface area contributed by atoms with Crippen LogP contribution in [-0.4, -0.2) is 17.2 Å². The molecule has 0 bridgehead atoms. The van der Waals surface area contributed by atoms with Crippen LogP contribution in [0.5, 0.6) is 0 Å². The molecule has 0 aliphatic rings. The zero-order chi connectivity index (χ0) is 13.1. The molecular weight excluding hydrogens is 246 g/mol. The van der Waals surface area contributed by atoms with Crippen molar-refractivity contribution in [1.82, 2.24) is 0 Å². The Morgan fingerprint density at radius 1 is 1.35 bits per heavy atom. The Morgan fingerprint density at radius 3 is 2.29 bits per heavy atom. The first-order chi connectivity index (χ1) is 7.79. The highest BCUT2D eigenvalue weighted by Gasteiger charge is 2.21. The van der Waals surface area contributed by atoms with Crippen molar-refractivity contribution in [3.05, 3.63) is 24.3 Å². The molecule has 1 aromatic carbocycles. The highest BCUT2D eigenvalue weighted by Crippen LogP contribution is 2.26. The van der Waals surface area contributed by atoms with Gasteiger partial charge in [-0.15, -0.1) is 0 Å². The molecule has 1 rings (SSSR count). The van der Waals surface area contributed by atoms with Crippen molar-refractivity contribution < 1.29 is 13.6 Å². The first-order valence-corrected chi connectivity index (χ1v) is 5.82. The summed E-state index contributed by atoms with van der Waals surface area (Å²) < 4.78 is 24.1. The van der Waals surface area contributed by atoms with E-state index in [1.54, 1.807) is 26.0 Å². The Morgan fingerprint density at radius 2 is 1.88 bits per heavy atom. The third kappa shape index (κ3) is 4.70. The van der Waals surface area contributed by atoms with Gasteiger partial charge in [0.15, 0.2) is 0 Å². The van der Waals surface area contributed by atoms with E-state index in [1.807, 2.05) is 0 Å². The van der Waals surface area contributed by atoms with Crippen molar-refractivity contribution in [2.75, 3.05) is 5.32 Å². The molecule has 1 amide bonds. The van der Waals surface area contributed by atoms with Gasteiger partial charge in [-0.25, -0.2) is 0 Å². The number of anilines is 1. The number of amides is 1. The van der Waals surface area contributed by atoms with Gasteiger partial charge in [0, 0.05) is 10.6 Å². The van der Waals surface area contributed by atoms with Crippen LogP contribution in [0, 0.1) is 0 Å². The molecule has 0 fully saturated rings. The summed E-state index contributed by atoms with van der Waals surface area (Å²) in [5, 5.41) is 2.60. The van der Waals surface area contributed by atoms with Crippen LogP contribution in [-0.2, 0) is 4.79 Å². The van der Waals surface area contributed by atoms with Crippen molar-refractivity contribution in [2.24, 2.45) is 5.73 Å². The molecule has 0 aliphatic heterocycles. The molecule has 0 saturated carbocycles. The molecule has 0 unspecified atom stereocenters. The molecular formula is C11H14F2N2OS. The van der Waals surface area contributed by atoms with Gasteiger partial charge >= 0.3 is 0 Å². The normalized spacial score (nSPS) is 11.6. The molecule has 3 N–H and O–H groups in total. The summed E-state index contributed by atoms with van der Waals surface area (Å²) in [6.07, 6.45) is 0. The molecule has 3 nitrogen and oxygen atoms in total. The lowest BCUT2D eigenvalue weighted by molar-refractivity contribution is -0.120. The number of nitrogens with one attached hydrogen (secondary N) is 1. The molecule has 0 spiro atoms. The largest absolute Gasteiger partial charge is 0.325 e. The molecule has 0 aliphatic carbocycles. The van der Waals surface area contributed by atoms with Crippen LogP contribution in [0.25, 0.3) is 0 Å². The average Bonchev–Trinajstić information content (AvgIpc) is 2.18. The van der Waals surface area contributed by atoms with E-state index in [9.17, 15) is 13.6 Å². The lowest BCUT2D eigenvalue weighted by Gasteiger charge is -2.17. The maximum Gasteiger partial charge on any atom is 0.288 e. The fourth-order valence-corrected chi connectivity index (χ4v) is 1.51. The Kier molecular flexibility index (Phi) is 4.47. The van der Waals surface area contributed by atoms with Gasteiger partial charge in [0.25, 0.3) is 5.76 Å². The molecule has 6 heteroatoms. The quantitative estimate of drug-likeness (QED) is 0.818. The van der Waals surface area contributed by atoms with Gasteiger partial charge in [0.05, 0.1) is 5.54 Å². The number of benzene rings is 1. The van der Waals surface area contributed by atoms with Crippen LogP contribution in [0.3, 0.4) is 0 Å². The fraction of sp³-hybridized carbons (Fsp3) is 0.364. The molecule has 0 aromatic heterocycles. The predicted molar refractivity (Wildman–Crippen MR) is 65.2 cm³/mol. The highest BCUT2D eigenvalue weighted by atomic mass is 32.2. The van der Waals surface area contributed by atoms with Gasteiger partial charge < -0.3 is 11.1 Å². The minimum absolute atomic E-state index is 0.327. The summed E-state index contributed by atoms with van der Waals surface area (Å²) in [6, 6.07) is 6.18. The van der Waals surface area contributed by atoms with E-state index >= 15 is 0 Å². The third-order valence-corrected chi connectivity index (χ3v) is 2.65. The van der Waals surface area contributed by atoms with Crippen molar-refractivity contribution >= 4 is 23.4 Å². The molecule has 1 aromatic rings. The van der Waals surface area contributed by atoms with E-state index in [-0.39, 0.29) is 5.91 Å². The third-order valence-electron chi connectivity index (χ3n) is 1.92. The lowest BCUT2D eigenvalue weighted by Crippen LogP contribution is -2.45. The van der Waals surface area contributed by atoms with Crippen molar-refractivity contribution in [3.8, 4) is 0 Å².